The van der Waals surface area contributed by atoms with Crippen LogP contribution in [0.2, 0.25) is 0 Å². The monoisotopic (exact) mass is 185 g/mol. The summed E-state index contributed by atoms with van der Waals surface area (Å²) in [6.45, 7) is 1.10. The summed E-state index contributed by atoms with van der Waals surface area (Å²) in [5.74, 6) is 0. The number of nitrogens with one attached hydrogen (secondary N) is 1. The first-order valence-electron chi connectivity index (χ1n) is 5.16. The molecule has 0 bridgehead atoms. The van der Waals surface area contributed by atoms with Crippen LogP contribution in [0.1, 0.15) is 51.4 Å². The minimum absolute atomic E-state index is 1.08. The van der Waals surface area contributed by atoms with Gasteiger partial charge in [0.2, 0.25) is 0 Å². The van der Waals surface area contributed by atoms with Gasteiger partial charge in [0.05, 0.1) is 4.99 Å². The van der Waals surface area contributed by atoms with E-state index in [2.05, 4.69) is 5.32 Å². The average molecular weight is 185 g/mol. The van der Waals surface area contributed by atoms with E-state index in [1.807, 2.05) is 0 Å². The highest BCUT2D eigenvalue weighted by Gasteiger charge is 1.99. The van der Waals surface area contributed by atoms with Crippen molar-refractivity contribution in [2.45, 2.75) is 51.4 Å². The number of hydrogen-bond donors (Lipinski definition) is 1. The molecule has 0 unspecified atom stereocenters. The fourth-order valence-corrected chi connectivity index (χ4v) is 1.86. The maximum absolute atomic E-state index is 5.19. The van der Waals surface area contributed by atoms with Crippen molar-refractivity contribution in [3.8, 4) is 0 Å². The highest BCUT2D eigenvalue weighted by molar-refractivity contribution is 7.80. The van der Waals surface area contributed by atoms with E-state index in [4.69, 9.17) is 12.2 Å². The van der Waals surface area contributed by atoms with Gasteiger partial charge in [0, 0.05) is 6.54 Å². The molecule has 0 aromatic rings. The van der Waals surface area contributed by atoms with Crippen molar-refractivity contribution in [1.29, 1.82) is 0 Å². The Morgan fingerprint density at radius 3 is 2.17 bits per heavy atom. The third kappa shape index (κ3) is 4.70. The molecule has 1 saturated heterocycles. The normalized spacial score (nSPS) is 22.5. The molecular weight excluding hydrogens is 166 g/mol. The molecule has 0 aliphatic carbocycles. The quantitative estimate of drug-likeness (QED) is 0.582. The van der Waals surface area contributed by atoms with Crippen molar-refractivity contribution in [2.24, 2.45) is 0 Å². The summed E-state index contributed by atoms with van der Waals surface area (Å²) in [4.78, 5) is 1.08. The molecule has 0 radical (unpaired) electrons. The highest BCUT2D eigenvalue weighted by Crippen LogP contribution is 2.09. The molecule has 0 amide bonds. The maximum Gasteiger partial charge on any atom is 0.0753 e. The van der Waals surface area contributed by atoms with Crippen molar-refractivity contribution < 1.29 is 0 Å². The van der Waals surface area contributed by atoms with Crippen LogP contribution in [0.15, 0.2) is 0 Å². The third-order valence-corrected chi connectivity index (χ3v) is 2.75. The standard InChI is InChI=1S/C10H19NS/c12-10-8-6-4-2-1-3-5-7-9-11-10/h1-9H2,(H,11,12). The van der Waals surface area contributed by atoms with E-state index >= 15 is 0 Å². The van der Waals surface area contributed by atoms with Crippen molar-refractivity contribution in [2.75, 3.05) is 6.54 Å². The minimum Gasteiger partial charge on any atom is -0.380 e. The summed E-state index contributed by atoms with van der Waals surface area (Å²) in [6.07, 6.45) is 10.7. The van der Waals surface area contributed by atoms with Crippen molar-refractivity contribution in [3.63, 3.8) is 0 Å². The van der Waals surface area contributed by atoms with Crippen molar-refractivity contribution >= 4 is 17.2 Å². The summed E-state index contributed by atoms with van der Waals surface area (Å²) >= 11 is 5.19. The second kappa shape index (κ2) is 6.41. The molecule has 1 rings (SSSR count). The van der Waals surface area contributed by atoms with Gasteiger partial charge in [-0.3, -0.25) is 0 Å². The molecule has 0 atom stereocenters. The predicted molar refractivity (Wildman–Crippen MR) is 57.5 cm³/mol. The van der Waals surface area contributed by atoms with E-state index in [-0.39, 0.29) is 0 Å². The Labute approximate surface area is 80.9 Å². The smallest absolute Gasteiger partial charge is 0.0753 e. The van der Waals surface area contributed by atoms with Gasteiger partial charge in [0.25, 0.3) is 0 Å². The Hall–Kier alpha value is -0.110. The van der Waals surface area contributed by atoms with Crippen LogP contribution in [0.3, 0.4) is 0 Å². The maximum atomic E-state index is 5.19. The first kappa shape index (κ1) is 9.97. The SMILES string of the molecule is S=C1CCCCCCCCCN1. The van der Waals surface area contributed by atoms with Crippen LogP contribution in [-0.4, -0.2) is 11.5 Å². The van der Waals surface area contributed by atoms with E-state index in [0.717, 1.165) is 18.0 Å². The van der Waals surface area contributed by atoms with Gasteiger partial charge in [-0.25, -0.2) is 0 Å². The van der Waals surface area contributed by atoms with Gasteiger partial charge >= 0.3 is 0 Å². The van der Waals surface area contributed by atoms with E-state index in [1.54, 1.807) is 0 Å². The molecule has 1 aliphatic rings. The number of thiocarbonyl (C=S) groups is 1. The summed E-state index contributed by atoms with van der Waals surface area (Å²) < 4.78 is 0. The highest BCUT2D eigenvalue weighted by atomic mass is 32.1. The van der Waals surface area contributed by atoms with E-state index in [9.17, 15) is 0 Å². The Bertz CT molecular complexity index is 120. The van der Waals surface area contributed by atoms with Gasteiger partial charge < -0.3 is 5.32 Å². The van der Waals surface area contributed by atoms with Gasteiger partial charge in [-0.2, -0.15) is 0 Å². The Morgan fingerprint density at radius 1 is 0.833 bits per heavy atom. The van der Waals surface area contributed by atoms with Gasteiger partial charge in [-0.15, -0.1) is 0 Å². The molecule has 70 valence electrons. The van der Waals surface area contributed by atoms with Crippen LogP contribution in [0.4, 0.5) is 0 Å². The van der Waals surface area contributed by atoms with Gasteiger partial charge in [0.1, 0.15) is 0 Å². The Morgan fingerprint density at radius 2 is 1.42 bits per heavy atom. The second-order valence-corrected chi connectivity index (χ2v) is 4.07. The van der Waals surface area contributed by atoms with Gasteiger partial charge in [0.15, 0.2) is 0 Å². The van der Waals surface area contributed by atoms with E-state index in [1.165, 1.54) is 44.9 Å². The second-order valence-electron chi connectivity index (χ2n) is 3.57. The zero-order valence-corrected chi connectivity index (χ0v) is 8.59. The fourth-order valence-electron chi connectivity index (χ4n) is 1.61. The number of rotatable bonds is 0. The van der Waals surface area contributed by atoms with Crippen LogP contribution in [0, 0.1) is 0 Å². The summed E-state index contributed by atoms with van der Waals surface area (Å²) in [6, 6.07) is 0. The minimum atomic E-state index is 1.08. The lowest BCUT2D eigenvalue weighted by molar-refractivity contribution is 0.591. The molecule has 0 saturated carbocycles. The first-order valence-corrected chi connectivity index (χ1v) is 5.57. The zero-order chi connectivity index (χ0) is 8.65. The largest absolute Gasteiger partial charge is 0.380 e. The summed E-state index contributed by atoms with van der Waals surface area (Å²) in [5.41, 5.74) is 0. The van der Waals surface area contributed by atoms with E-state index < -0.39 is 0 Å². The predicted octanol–water partition coefficient (Wildman–Crippen LogP) is 3.04. The molecule has 1 heterocycles. The van der Waals surface area contributed by atoms with Crippen molar-refractivity contribution in [1.82, 2.24) is 5.32 Å². The van der Waals surface area contributed by atoms with Crippen LogP contribution in [0.25, 0.3) is 0 Å². The Kier molecular flexibility index (Phi) is 5.33. The molecule has 1 fully saturated rings. The molecule has 12 heavy (non-hydrogen) atoms. The number of hydrogen-bond acceptors (Lipinski definition) is 1. The van der Waals surface area contributed by atoms with Crippen LogP contribution < -0.4 is 5.32 Å². The lowest BCUT2D eigenvalue weighted by Gasteiger charge is -2.05. The average Bonchev–Trinajstić information content (AvgIpc) is 2.11. The lowest BCUT2D eigenvalue weighted by Crippen LogP contribution is -2.21. The summed E-state index contributed by atoms with van der Waals surface area (Å²) in [5, 5.41) is 3.31. The summed E-state index contributed by atoms with van der Waals surface area (Å²) in [7, 11) is 0. The van der Waals surface area contributed by atoms with E-state index in [0.29, 0.717) is 0 Å². The molecule has 0 spiro atoms. The van der Waals surface area contributed by atoms with Gasteiger partial charge in [-0.05, 0) is 19.3 Å². The molecule has 1 N–H and O–H groups in total. The van der Waals surface area contributed by atoms with Crippen LogP contribution in [-0.2, 0) is 0 Å². The topological polar surface area (TPSA) is 12.0 Å². The lowest BCUT2D eigenvalue weighted by atomic mass is 10.1. The Balaban J connectivity index is 2.17. The van der Waals surface area contributed by atoms with Gasteiger partial charge in [-0.1, -0.05) is 44.3 Å². The fraction of sp³-hybridized carbons (Fsp3) is 0.900. The molecule has 0 aromatic heterocycles. The first-order chi connectivity index (χ1) is 5.89. The molecule has 2 heteroatoms. The molecule has 0 aromatic carbocycles. The molecular formula is C10H19NS. The zero-order valence-electron chi connectivity index (χ0n) is 7.77. The third-order valence-electron chi connectivity index (χ3n) is 2.40. The molecule has 1 aliphatic heterocycles. The van der Waals surface area contributed by atoms with Crippen LogP contribution in [0.5, 0.6) is 0 Å². The van der Waals surface area contributed by atoms with Crippen molar-refractivity contribution in [3.05, 3.63) is 0 Å². The van der Waals surface area contributed by atoms with Crippen LogP contribution >= 0.6 is 12.2 Å². The molecule has 1 nitrogen and oxygen atoms in total.